The quantitative estimate of drug-likeness (QED) is 0.760. The molecule has 0 aromatic carbocycles. The Morgan fingerprint density at radius 2 is 1.95 bits per heavy atom. The van der Waals surface area contributed by atoms with Gasteiger partial charge in [-0.25, -0.2) is 0 Å². The first-order chi connectivity index (χ1) is 8.79. The van der Waals surface area contributed by atoms with E-state index in [9.17, 15) is 14.7 Å². The number of amides is 1. The summed E-state index contributed by atoms with van der Waals surface area (Å²) in [6.45, 7) is 5.95. The minimum Gasteiger partial charge on any atom is -0.481 e. The number of carbonyl (C=O) groups excluding carboxylic acids is 1. The van der Waals surface area contributed by atoms with Crippen molar-refractivity contribution in [1.29, 1.82) is 0 Å². The topological polar surface area (TPSA) is 77.8 Å². The van der Waals surface area contributed by atoms with Gasteiger partial charge in [-0.3, -0.25) is 9.59 Å². The molecule has 5 heteroatoms. The lowest BCUT2D eigenvalue weighted by Gasteiger charge is -2.39. The highest BCUT2D eigenvalue weighted by Crippen LogP contribution is 2.31. The standard InChI is InChI=1S/C14H25NO4/c1-14(2,3)11(13(18)19)12(17)15-8-5-4-6-10(15)7-9-16/h10-11,16H,4-9H2,1-3H3,(H,18,19). The summed E-state index contributed by atoms with van der Waals surface area (Å²) in [7, 11) is 0. The van der Waals surface area contributed by atoms with Crippen LogP contribution in [0.15, 0.2) is 0 Å². The molecular weight excluding hydrogens is 246 g/mol. The number of aliphatic carboxylic acids is 1. The van der Waals surface area contributed by atoms with Crippen LogP contribution in [-0.4, -0.2) is 46.2 Å². The van der Waals surface area contributed by atoms with E-state index in [-0.39, 0.29) is 18.6 Å². The van der Waals surface area contributed by atoms with Crippen molar-refractivity contribution in [1.82, 2.24) is 4.90 Å². The van der Waals surface area contributed by atoms with Crippen LogP contribution in [-0.2, 0) is 9.59 Å². The lowest BCUT2D eigenvalue weighted by atomic mass is 9.79. The van der Waals surface area contributed by atoms with Crippen molar-refractivity contribution in [2.75, 3.05) is 13.2 Å². The zero-order chi connectivity index (χ0) is 14.6. The highest BCUT2D eigenvalue weighted by molar-refractivity contribution is 5.98. The van der Waals surface area contributed by atoms with Gasteiger partial charge in [-0.1, -0.05) is 20.8 Å². The second-order valence-electron chi connectivity index (χ2n) is 6.33. The maximum Gasteiger partial charge on any atom is 0.316 e. The van der Waals surface area contributed by atoms with Gasteiger partial charge in [0.25, 0.3) is 0 Å². The number of piperidine rings is 1. The predicted octanol–water partition coefficient (Wildman–Crippen LogP) is 1.50. The smallest absolute Gasteiger partial charge is 0.316 e. The first-order valence-electron chi connectivity index (χ1n) is 6.93. The van der Waals surface area contributed by atoms with Gasteiger partial charge in [0.2, 0.25) is 5.91 Å². The normalized spacial score (nSPS) is 22.1. The van der Waals surface area contributed by atoms with E-state index >= 15 is 0 Å². The van der Waals surface area contributed by atoms with Gasteiger partial charge < -0.3 is 15.1 Å². The minimum absolute atomic E-state index is 0.0181. The van der Waals surface area contributed by atoms with Crippen LogP contribution in [0.25, 0.3) is 0 Å². The summed E-state index contributed by atoms with van der Waals surface area (Å²) in [5.41, 5.74) is -0.607. The maximum atomic E-state index is 12.5. The monoisotopic (exact) mass is 271 g/mol. The molecule has 2 N–H and O–H groups in total. The van der Waals surface area contributed by atoms with Gasteiger partial charge >= 0.3 is 5.97 Å². The van der Waals surface area contributed by atoms with Crippen LogP contribution in [0.2, 0.25) is 0 Å². The van der Waals surface area contributed by atoms with Crippen molar-refractivity contribution in [3.63, 3.8) is 0 Å². The van der Waals surface area contributed by atoms with Crippen LogP contribution in [0.4, 0.5) is 0 Å². The minimum atomic E-state index is -1.06. The Bertz CT molecular complexity index is 333. The van der Waals surface area contributed by atoms with Gasteiger partial charge in [0.15, 0.2) is 0 Å². The molecule has 1 amide bonds. The summed E-state index contributed by atoms with van der Waals surface area (Å²) >= 11 is 0. The molecule has 0 bridgehead atoms. The zero-order valence-corrected chi connectivity index (χ0v) is 12.1. The maximum absolute atomic E-state index is 12.5. The molecule has 0 aromatic rings. The van der Waals surface area contributed by atoms with Crippen LogP contribution >= 0.6 is 0 Å². The number of carboxylic acid groups (broad SMARTS) is 1. The van der Waals surface area contributed by atoms with Crippen LogP contribution < -0.4 is 0 Å². The molecule has 0 aliphatic carbocycles. The Labute approximate surface area is 114 Å². The summed E-state index contributed by atoms with van der Waals surface area (Å²) in [4.78, 5) is 25.6. The molecule has 1 fully saturated rings. The molecule has 2 unspecified atom stereocenters. The number of nitrogens with zero attached hydrogens (tertiary/aromatic N) is 1. The second-order valence-corrected chi connectivity index (χ2v) is 6.33. The number of rotatable bonds is 4. The summed E-state index contributed by atoms with van der Waals surface area (Å²) in [6, 6.07) is -0.0181. The number of carboxylic acids is 1. The van der Waals surface area contributed by atoms with E-state index < -0.39 is 17.3 Å². The van der Waals surface area contributed by atoms with Crippen molar-refractivity contribution in [3.8, 4) is 0 Å². The third-order valence-corrected chi connectivity index (χ3v) is 3.73. The predicted molar refractivity (Wildman–Crippen MR) is 71.6 cm³/mol. The number of aliphatic hydroxyl groups excluding tert-OH is 1. The largest absolute Gasteiger partial charge is 0.481 e. The van der Waals surface area contributed by atoms with E-state index in [2.05, 4.69) is 0 Å². The molecule has 19 heavy (non-hydrogen) atoms. The van der Waals surface area contributed by atoms with Gasteiger partial charge in [-0.2, -0.15) is 0 Å². The number of hydrogen-bond donors (Lipinski definition) is 2. The first kappa shape index (κ1) is 16.0. The van der Waals surface area contributed by atoms with Crippen molar-refractivity contribution in [3.05, 3.63) is 0 Å². The van der Waals surface area contributed by atoms with Crippen LogP contribution in [0.5, 0.6) is 0 Å². The second kappa shape index (κ2) is 6.37. The van der Waals surface area contributed by atoms with E-state index in [1.807, 2.05) is 0 Å². The van der Waals surface area contributed by atoms with E-state index in [4.69, 9.17) is 5.11 Å². The van der Waals surface area contributed by atoms with E-state index in [0.29, 0.717) is 13.0 Å². The third-order valence-electron chi connectivity index (χ3n) is 3.73. The van der Waals surface area contributed by atoms with Gasteiger partial charge in [0, 0.05) is 19.2 Å². The van der Waals surface area contributed by atoms with Crippen molar-refractivity contribution < 1.29 is 19.8 Å². The number of carbonyl (C=O) groups is 2. The average Bonchev–Trinajstić information content (AvgIpc) is 2.27. The van der Waals surface area contributed by atoms with Crippen molar-refractivity contribution >= 4 is 11.9 Å². The fourth-order valence-corrected chi connectivity index (χ4v) is 2.75. The van der Waals surface area contributed by atoms with Crippen LogP contribution in [0.3, 0.4) is 0 Å². The lowest BCUT2D eigenvalue weighted by molar-refractivity contribution is -0.158. The van der Waals surface area contributed by atoms with Crippen LogP contribution in [0.1, 0.15) is 46.5 Å². The number of aliphatic hydroxyl groups is 1. The van der Waals surface area contributed by atoms with Crippen LogP contribution in [0, 0.1) is 11.3 Å². The van der Waals surface area contributed by atoms with Crippen molar-refractivity contribution in [2.24, 2.45) is 11.3 Å². The Kier molecular flexibility index (Phi) is 5.35. The summed E-state index contributed by atoms with van der Waals surface area (Å²) < 4.78 is 0. The molecule has 1 saturated heterocycles. The molecule has 110 valence electrons. The number of likely N-dealkylation sites (tertiary alicyclic amines) is 1. The Morgan fingerprint density at radius 3 is 2.42 bits per heavy atom. The summed E-state index contributed by atoms with van der Waals surface area (Å²) in [6.07, 6.45) is 3.32. The fourth-order valence-electron chi connectivity index (χ4n) is 2.75. The van der Waals surface area contributed by atoms with Gasteiger partial charge in [0.05, 0.1) is 0 Å². The summed E-state index contributed by atoms with van der Waals surface area (Å²) in [5.74, 6) is -2.39. The fraction of sp³-hybridized carbons (Fsp3) is 0.857. The molecule has 1 aliphatic rings. The Morgan fingerprint density at radius 1 is 1.32 bits per heavy atom. The van der Waals surface area contributed by atoms with Crippen molar-refractivity contribution in [2.45, 2.75) is 52.5 Å². The SMILES string of the molecule is CC(C)(C)C(C(=O)O)C(=O)N1CCCCC1CCO. The van der Waals surface area contributed by atoms with E-state index in [0.717, 1.165) is 19.3 Å². The third kappa shape index (κ3) is 3.93. The van der Waals surface area contributed by atoms with E-state index in [1.165, 1.54) is 0 Å². The molecular formula is C14H25NO4. The lowest BCUT2D eigenvalue weighted by Crippen LogP contribution is -2.51. The Hall–Kier alpha value is -1.10. The highest BCUT2D eigenvalue weighted by Gasteiger charge is 2.42. The Balaban J connectivity index is 2.91. The van der Waals surface area contributed by atoms with Gasteiger partial charge in [0.1, 0.15) is 5.92 Å². The molecule has 1 heterocycles. The zero-order valence-electron chi connectivity index (χ0n) is 12.1. The molecule has 0 saturated carbocycles. The number of hydrogen-bond acceptors (Lipinski definition) is 3. The first-order valence-corrected chi connectivity index (χ1v) is 6.93. The molecule has 0 radical (unpaired) electrons. The van der Waals surface area contributed by atoms with Gasteiger partial charge in [-0.15, -0.1) is 0 Å². The molecule has 0 aromatic heterocycles. The van der Waals surface area contributed by atoms with E-state index in [1.54, 1.807) is 25.7 Å². The molecule has 0 spiro atoms. The molecule has 1 rings (SSSR count). The van der Waals surface area contributed by atoms with Gasteiger partial charge in [-0.05, 0) is 31.1 Å². The molecule has 2 atom stereocenters. The molecule has 5 nitrogen and oxygen atoms in total. The molecule has 1 aliphatic heterocycles. The highest BCUT2D eigenvalue weighted by atomic mass is 16.4. The summed E-state index contributed by atoms with van der Waals surface area (Å²) in [5, 5.41) is 18.4. The average molecular weight is 271 g/mol.